The second-order valence-electron chi connectivity index (χ2n) is 5.93. The molecule has 27 heavy (non-hydrogen) atoms. The molecule has 0 radical (unpaired) electrons. The molecule has 6 nitrogen and oxygen atoms in total. The maximum absolute atomic E-state index is 11.9. The van der Waals surface area contributed by atoms with Crippen molar-refractivity contribution in [2.75, 3.05) is 11.9 Å². The Balaban J connectivity index is 1.79. The van der Waals surface area contributed by atoms with Gasteiger partial charge in [-0.05, 0) is 49.8 Å². The molecule has 1 amide bonds. The molecule has 1 N–H and O–H groups in total. The summed E-state index contributed by atoms with van der Waals surface area (Å²) in [7, 11) is 0. The van der Waals surface area contributed by atoms with Crippen molar-refractivity contribution in [3.05, 3.63) is 71.8 Å². The van der Waals surface area contributed by atoms with Crippen LogP contribution in [0.5, 0.6) is 0 Å². The highest BCUT2D eigenvalue weighted by Crippen LogP contribution is 2.11. The predicted molar refractivity (Wildman–Crippen MR) is 102 cm³/mol. The van der Waals surface area contributed by atoms with Crippen LogP contribution in [-0.2, 0) is 19.1 Å². The lowest BCUT2D eigenvalue weighted by atomic mass is 10.2. The molecule has 2 rings (SSSR count). The van der Waals surface area contributed by atoms with E-state index in [-0.39, 0.29) is 6.10 Å². The SMILES string of the molecule is CC(C)OC(=O)c1ccc(NC(=O)COC(=O)/C=C/c2ccccc2)cc1. The van der Waals surface area contributed by atoms with Crippen molar-refractivity contribution in [1.29, 1.82) is 0 Å². The zero-order chi connectivity index (χ0) is 19.6. The number of esters is 2. The topological polar surface area (TPSA) is 81.7 Å². The second-order valence-corrected chi connectivity index (χ2v) is 5.93. The fourth-order valence-electron chi connectivity index (χ4n) is 2.08. The summed E-state index contributed by atoms with van der Waals surface area (Å²) in [6, 6.07) is 15.5. The third-order valence-electron chi connectivity index (χ3n) is 3.30. The first-order chi connectivity index (χ1) is 12.9. The van der Waals surface area contributed by atoms with Gasteiger partial charge in [-0.1, -0.05) is 30.3 Å². The normalized spacial score (nSPS) is 10.6. The van der Waals surface area contributed by atoms with Crippen molar-refractivity contribution < 1.29 is 23.9 Å². The van der Waals surface area contributed by atoms with Crippen molar-refractivity contribution in [2.24, 2.45) is 0 Å². The first-order valence-electron chi connectivity index (χ1n) is 8.45. The maximum atomic E-state index is 11.9. The Morgan fingerprint density at radius 1 is 1.00 bits per heavy atom. The summed E-state index contributed by atoms with van der Waals surface area (Å²) in [6.45, 7) is 3.13. The van der Waals surface area contributed by atoms with E-state index in [0.29, 0.717) is 11.3 Å². The minimum Gasteiger partial charge on any atom is -0.459 e. The lowest BCUT2D eigenvalue weighted by Crippen LogP contribution is -2.20. The second kappa shape index (κ2) is 9.91. The molecule has 140 valence electrons. The Labute approximate surface area is 157 Å². The van der Waals surface area contributed by atoms with Crippen molar-refractivity contribution in [3.8, 4) is 0 Å². The molecule has 2 aromatic rings. The van der Waals surface area contributed by atoms with Gasteiger partial charge in [-0.2, -0.15) is 0 Å². The van der Waals surface area contributed by atoms with E-state index in [2.05, 4.69) is 5.32 Å². The quantitative estimate of drug-likeness (QED) is 0.599. The summed E-state index contributed by atoms with van der Waals surface area (Å²) in [5.74, 6) is -1.52. The van der Waals surface area contributed by atoms with Crippen LogP contribution in [0.15, 0.2) is 60.7 Å². The highest BCUT2D eigenvalue weighted by atomic mass is 16.5. The molecule has 0 unspecified atom stereocenters. The smallest absolute Gasteiger partial charge is 0.338 e. The van der Waals surface area contributed by atoms with Gasteiger partial charge in [0.25, 0.3) is 5.91 Å². The lowest BCUT2D eigenvalue weighted by molar-refractivity contribution is -0.142. The molecule has 0 bridgehead atoms. The highest BCUT2D eigenvalue weighted by molar-refractivity contribution is 5.95. The monoisotopic (exact) mass is 367 g/mol. The lowest BCUT2D eigenvalue weighted by Gasteiger charge is -2.09. The van der Waals surface area contributed by atoms with Crippen LogP contribution in [-0.4, -0.2) is 30.6 Å². The van der Waals surface area contributed by atoms with Gasteiger partial charge in [-0.3, -0.25) is 4.79 Å². The van der Waals surface area contributed by atoms with Gasteiger partial charge < -0.3 is 14.8 Å². The molecule has 0 saturated carbocycles. The van der Waals surface area contributed by atoms with E-state index in [9.17, 15) is 14.4 Å². The molecule has 0 aliphatic heterocycles. The minimum atomic E-state index is -0.610. The van der Waals surface area contributed by atoms with Crippen LogP contribution in [0, 0.1) is 0 Å². The predicted octanol–water partition coefficient (Wildman–Crippen LogP) is 3.45. The molecule has 0 aliphatic carbocycles. The van der Waals surface area contributed by atoms with Crippen molar-refractivity contribution in [1.82, 2.24) is 0 Å². The van der Waals surface area contributed by atoms with E-state index < -0.39 is 24.5 Å². The molecule has 0 spiro atoms. The summed E-state index contributed by atoms with van der Waals surface area (Å²) < 4.78 is 9.98. The fraction of sp³-hybridized carbons (Fsp3) is 0.190. The van der Waals surface area contributed by atoms with Gasteiger partial charge >= 0.3 is 11.9 Å². The van der Waals surface area contributed by atoms with Crippen LogP contribution in [0.2, 0.25) is 0 Å². The van der Waals surface area contributed by atoms with Gasteiger partial charge in [0.2, 0.25) is 0 Å². The number of benzene rings is 2. The number of hydrogen-bond donors (Lipinski definition) is 1. The van der Waals surface area contributed by atoms with Crippen molar-refractivity contribution in [3.63, 3.8) is 0 Å². The third kappa shape index (κ3) is 7.15. The molecule has 0 saturated heterocycles. The number of nitrogens with one attached hydrogen (secondary N) is 1. The first kappa shape index (κ1) is 19.9. The summed E-state index contributed by atoms with van der Waals surface area (Å²) in [4.78, 5) is 35.2. The van der Waals surface area contributed by atoms with E-state index in [1.165, 1.54) is 6.08 Å². The molecule has 0 fully saturated rings. The third-order valence-corrected chi connectivity index (χ3v) is 3.30. The number of amides is 1. The van der Waals surface area contributed by atoms with Gasteiger partial charge in [0.05, 0.1) is 11.7 Å². The van der Waals surface area contributed by atoms with E-state index >= 15 is 0 Å². The van der Waals surface area contributed by atoms with E-state index in [0.717, 1.165) is 5.56 Å². The average molecular weight is 367 g/mol. The minimum absolute atomic E-state index is 0.206. The number of anilines is 1. The Kier molecular flexibility index (Phi) is 7.31. The van der Waals surface area contributed by atoms with Gasteiger partial charge in [0.1, 0.15) is 0 Å². The fourth-order valence-corrected chi connectivity index (χ4v) is 2.08. The van der Waals surface area contributed by atoms with E-state index in [1.807, 2.05) is 30.3 Å². The largest absolute Gasteiger partial charge is 0.459 e. The number of carbonyl (C=O) groups is 3. The molecule has 2 aromatic carbocycles. The molecule has 0 atom stereocenters. The molecule has 0 aromatic heterocycles. The van der Waals surface area contributed by atoms with Crippen molar-refractivity contribution >= 4 is 29.6 Å². The number of carbonyl (C=O) groups excluding carboxylic acids is 3. The average Bonchev–Trinajstić information content (AvgIpc) is 2.65. The summed E-state index contributed by atoms with van der Waals surface area (Å²) >= 11 is 0. The molecular formula is C21H21NO5. The molecule has 0 heterocycles. The zero-order valence-electron chi connectivity index (χ0n) is 15.2. The Morgan fingerprint density at radius 3 is 2.30 bits per heavy atom. The highest BCUT2D eigenvalue weighted by Gasteiger charge is 2.10. The van der Waals surface area contributed by atoms with Crippen molar-refractivity contribution in [2.45, 2.75) is 20.0 Å². The van der Waals surface area contributed by atoms with Crippen LogP contribution < -0.4 is 5.32 Å². The standard InChI is InChI=1S/C21H21NO5/c1-15(2)27-21(25)17-9-11-18(12-10-17)22-19(23)14-26-20(24)13-8-16-6-4-3-5-7-16/h3-13,15H,14H2,1-2H3,(H,22,23)/b13-8+. The number of rotatable bonds is 7. The Morgan fingerprint density at radius 2 is 1.67 bits per heavy atom. The van der Waals surface area contributed by atoms with Gasteiger partial charge in [0.15, 0.2) is 6.61 Å². The van der Waals surface area contributed by atoms with Crippen LogP contribution >= 0.6 is 0 Å². The number of hydrogen-bond acceptors (Lipinski definition) is 5. The van der Waals surface area contributed by atoms with Crippen LogP contribution in [0.1, 0.15) is 29.8 Å². The number of ether oxygens (including phenoxy) is 2. The van der Waals surface area contributed by atoms with Crippen LogP contribution in [0.3, 0.4) is 0 Å². The Bertz CT molecular complexity index is 810. The summed E-state index contributed by atoms with van der Waals surface area (Å²) in [5, 5.41) is 2.59. The maximum Gasteiger partial charge on any atom is 0.338 e. The van der Waals surface area contributed by atoms with Crippen LogP contribution in [0.4, 0.5) is 5.69 Å². The van der Waals surface area contributed by atoms with Gasteiger partial charge in [-0.15, -0.1) is 0 Å². The molecule has 0 aliphatic rings. The first-order valence-corrected chi connectivity index (χ1v) is 8.45. The zero-order valence-corrected chi connectivity index (χ0v) is 15.2. The van der Waals surface area contributed by atoms with Gasteiger partial charge in [0, 0.05) is 11.8 Å². The van der Waals surface area contributed by atoms with Gasteiger partial charge in [-0.25, -0.2) is 9.59 Å². The summed E-state index contributed by atoms with van der Waals surface area (Å²) in [6.07, 6.45) is 2.66. The Hall–Kier alpha value is -3.41. The van der Waals surface area contributed by atoms with E-state index in [4.69, 9.17) is 9.47 Å². The van der Waals surface area contributed by atoms with Crippen LogP contribution in [0.25, 0.3) is 6.08 Å². The molecular weight excluding hydrogens is 346 g/mol. The molecule has 6 heteroatoms. The summed E-state index contributed by atoms with van der Waals surface area (Å²) in [5.41, 5.74) is 1.73. The van der Waals surface area contributed by atoms with E-state index in [1.54, 1.807) is 44.2 Å².